The highest BCUT2D eigenvalue weighted by molar-refractivity contribution is 6.32. The number of hydrogen-bond acceptors (Lipinski definition) is 3. The second-order valence-electron chi connectivity index (χ2n) is 6.78. The topological polar surface area (TPSA) is 58.4 Å². The normalized spacial score (nSPS) is 21.9. The molecule has 0 saturated heterocycles. The number of nitrogens with two attached hydrogens (primary N) is 1. The average molecular weight is 412 g/mol. The lowest BCUT2D eigenvalue weighted by Crippen LogP contribution is -2.56. The number of carbonyl (C=O) groups excluding carboxylic acids is 1. The Morgan fingerprint density at radius 1 is 0.964 bits per heavy atom. The van der Waals surface area contributed by atoms with Crippen molar-refractivity contribution < 1.29 is 4.79 Å². The third kappa shape index (κ3) is 2.90. The Kier molecular flexibility index (Phi) is 4.89. The molecular weight excluding hydrogens is 393 g/mol. The zero-order chi connectivity index (χ0) is 19.9. The van der Waals surface area contributed by atoms with Gasteiger partial charge in [0.2, 0.25) is 0 Å². The number of amides is 1. The van der Waals surface area contributed by atoms with Crippen LogP contribution in [0.4, 0.5) is 5.69 Å². The SMILES string of the molecule is CN1C(=O)C(N)NC(c2ccccc2)(c2ccccc2Cl)c2cc(Cl)ccc21. The zero-order valence-electron chi connectivity index (χ0n) is 15.2. The van der Waals surface area contributed by atoms with Crippen LogP contribution < -0.4 is 16.0 Å². The first-order chi connectivity index (χ1) is 13.4. The van der Waals surface area contributed by atoms with Gasteiger partial charge < -0.3 is 10.6 Å². The van der Waals surface area contributed by atoms with Crippen LogP contribution in [0.2, 0.25) is 10.0 Å². The van der Waals surface area contributed by atoms with Crippen LogP contribution in [0.15, 0.2) is 72.8 Å². The van der Waals surface area contributed by atoms with Gasteiger partial charge in [-0.1, -0.05) is 71.7 Å². The van der Waals surface area contributed by atoms with E-state index in [-0.39, 0.29) is 5.91 Å². The van der Waals surface area contributed by atoms with Crippen molar-refractivity contribution in [2.24, 2.45) is 5.73 Å². The lowest BCUT2D eigenvalue weighted by atomic mass is 9.76. The van der Waals surface area contributed by atoms with Gasteiger partial charge in [-0.15, -0.1) is 0 Å². The molecule has 4 nitrogen and oxygen atoms in total. The molecule has 0 radical (unpaired) electrons. The number of carbonyl (C=O) groups is 1. The van der Waals surface area contributed by atoms with Crippen LogP contribution in [0, 0.1) is 0 Å². The number of halogens is 2. The summed E-state index contributed by atoms with van der Waals surface area (Å²) in [6.45, 7) is 0. The molecule has 3 aromatic rings. The maximum atomic E-state index is 12.9. The van der Waals surface area contributed by atoms with Crippen LogP contribution in [0.1, 0.15) is 16.7 Å². The molecule has 28 heavy (non-hydrogen) atoms. The summed E-state index contributed by atoms with van der Waals surface area (Å²) in [4.78, 5) is 14.5. The molecule has 6 heteroatoms. The first-order valence-electron chi connectivity index (χ1n) is 8.86. The number of hydrogen-bond donors (Lipinski definition) is 2. The number of likely N-dealkylation sites (N-methyl/N-ethyl adjacent to an activating group) is 1. The van der Waals surface area contributed by atoms with Crippen molar-refractivity contribution in [3.8, 4) is 0 Å². The number of fused-ring (bicyclic) bond motifs is 1. The molecule has 4 rings (SSSR count). The van der Waals surface area contributed by atoms with E-state index in [9.17, 15) is 4.79 Å². The second-order valence-corrected chi connectivity index (χ2v) is 7.62. The number of rotatable bonds is 2. The average Bonchev–Trinajstić information content (AvgIpc) is 2.79. The molecule has 0 aliphatic carbocycles. The van der Waals surface area contributed by atoms with Crippen LogP contribution >= 0.6 is 23.2 Å². The molecule has 1 heterocycles. The predicted octanol–water partition coefficient (Wildman–Crippen LogP) is 4.14. The number of anilines is 1. The summed E-state index contributed by atoms with van der Waals surface area (Å²) >= 11 is 13.1. The highest BCUT2D eigenvalue weighted by Gasteiger charge is 2.45. The van der Waals surface area contributed by atoms with Crippen LogP contribution in [-0.4, -0.2) is 19.1 Å². The van der Waals surface area contributed by atoms with Gasteiger partial charge in [0, 0.05) is 28.3 Å². The van der Waals surface area contributed by atoms with Crippen molar-refractivity contribution in [3.63, 3.8) is 0 Å². The van der Waals surface area contributed by atoms with Crippen molar-refractivity contribution in [2.45, 2.75) is 11.7 Å². The fourth-order valence-electron chi connectivity index (χ4n) is 3.87. The fraction of sp³-hybridized carbons (Fsp3) is 0.136. The van der Waals surface area contributed by atoms with Crippen molar-refractivity contribution in [1.29, 1.82) is 0 Å². The van der Waals surface area contributed by atoms with Gasteiger partial charge in [0.15, 0.2) is 0 Å². The van der Waals surface area contributed by atoms with Gasteiger partial charge in [0.25, 0.3) is 5.91 Å². The third-order valence-electron chi connectivity index (χ3n) is 5.18. The summed E-state index contributed by atoms with van der Waals surface area (Å²) in [6.07, 6.45) is -0.937. The molecule has 2 unspecified atom stereocenters. The summed E-state index contributed by atoms with van der Waals surface area (Å²) in [5, 5.41) is 4.50. The van der Waals surface area contributed by atoms with Gasteiger partial charge in [0.1, 0.15) is 6.17 Å². The summed E-state index contributed by atoms with van der Waals surface area (Å²) in [6, 6.07) is 22.8. The van der Waals surface area contributed by atoms with Crippen molar-refractivity contribution in [1.82, 2.24) is 5.32 Å². The van der Waals surface area contributed by atoms with Gasteiger partial charge in [-0.2, -0.15) is 0 Å². The second kappa shape index (κ2) is 7.22. The molecule has 1 aliphatic heterocycles. The van der Waals surface area contributed by atoms with E-state index in [1.165, 1.54) is 0 Å². The number of benzene rings is 3. The Morgan fingerprint density at radius 2 is 1.64 bits per heavy atom. The van der Waals surface area contributed by atoms with E-state index in [1.807, 2.05) is 66.7 Å². The molecule has 1 amide bonds. The van der Waals surface area contributed by atoms with Crippen molar-refractivity contribution in [2.75, 3.05) is 11.9 Å². The summed E-state index contributed by atoms with van der Waals surface area (Å²) < 4.78 is 0. The molecule has 142 valence electrons. The number of nitrogens with one attached hydrogen (secondary N) is 1. The minimum Gasteiger partial charge on any atom is -0.313 e. The molecule has 0 aromatic heterocycles. The first-order valence-corrected chi connectivity index (χ1v) is 9.62. The van der Waals surface area contributed by atoms with Gasteiger partial charge in [-0.3, -0.25) is 10.1 Å². The first kappa shape index (κ1) is 19.0. The van der Waals surface area contributed by atoms with Crippen LogP contribution in [0.3, 0.4) is 0 Å². The van der Waals surface area contributed by atoms with Crippen molar-refractivity contribution >= 4 is 34.8 Å². The molecule has 3 N–H and O–H groups in total. The summed E-state index contributed by atoms with van der Waals surface area (Å²) in [7, 11) is 1.71. The lowest BCUT2D eigenvalue weighted by Gasteiger charge is -2.38. The minimum atomic E-state index is -0.959. The lowest BCUT2D eigenvalue weighted by molar-refractivity contribution is -0.120. The van der Waals surface area contributed by atoms with E-state index in [0.29, 0.717) is 10.0 Å². The monoisotopic (exact) mass is 411 g/mol. The summed E-state index contributed by atoms with van der Waals surface area (Å²) in [5.74, 6) is -0.242. The maximum Gasteiger partial charge on any atom is 0.258 e. The molecular formula is C22H19Cl2N3O. The van der Waals surface area contributed by atoms with Gasteiger partial charge >= 0.3 is 0 Å². The zero-order valence-corrected chi connectivity index (χ0v) is 16.7. The van der Waals surface area contributed by atoms with Crippen LogP contribution in [0.5, 0.6) is 0 Å². The highest BCUT2D eigenvalue weighted by Crippen LogP contribution is 2.46. The van der Waals surface area contributed by atoms with Gasteiger partial charge in [-0.25, -0.2) is 0 Å². The largest absolute Gasteiger partial charge is 0.313 e. The minimum absolute atomic E-state index is 0.242. The quantitative estimate of drug-likeness (QED) is 0.666. The molecule has 0 saturated carbocycles. The molecule has 0 fully saturated rings. The van der Waals surface area contributed by atoms with E-state index in [1.54, 1.807) is 18.0 Å². The third-order valence-corrected chi connectivity index (χ3v) is 5.74. The van der Waals surface area contributed by atoms with E-state index in [0.717, 1.165) is 22.4 Å². The fourth-order valence-corrected chi connectivity index (χ4v) is 4.32. The predicted molar refractivity (Wildman–Crippen MR) is 114 cm³/mol. The smallest absolute Gasteiger partial charge is 0.258 e. The van der Waals surface area contributed by atoms with Gasteiger partial charge in [0.05, 0.1) is 5.54 Å². The summed E-state index contributed by atoms with van der Waals surface area (Å²) in [5.41, 5.74) is 8.58. The molecule has 2 atom stereocenters. The highest BCUT2D eigenvalue weighted by atomic mass is 35.5. The Balaban J connectivity index is 2.16. The van der Waals surface area contributed by atoms with Gasteiger partial charge in [-0.05, 0) is 35.4 Å². The molecule has 3 aromatic carbocycles. The number of nitrogens with zero attached hydrogens (tertiary/aromatic N) is 1. The van der Waals surface area contributed by atoms with E-state index in [4.69, 9.17) is 28.9 Å². The van der Waals surface area contributed by atoms with E-state index in [2.05, 4.69) is 5.32 Å². The van der Waals surface area contributed by atoms with E-state index >= 15 is 0 Å². The standard InChI is InChI=1S/C22H19Cl2N3O/c1-27-19-12-11-15(23)13-17(19)22(26-20(25)21(27)28,14-7-3-2-4-8-14)16-9-5-6-10-18(16)24/h2-13,20,26H,25H2,1H3. The molecule has 0 spiro atoms. The Morgan fingerprint density at radius 3 is 2.36 bits per heavy atom. The van der Waals surface area contributed by atoms with Crippen LogP contribution in [0.25, 0.3) is 0 Å². The molecule has 1 aliphatic rings. The Labute approximate surface area is 173 Å². The maximum absolute atomic E-state index is 12.9. The van der Waals surface area contributed by atoms with Crippen molar-refractivity contribution in [3.05, 3.63) is 99.5 Å². The van der Waals surface area contributed by atoms with E-state index < -0.39 is 11.7 Å². The Hall–Kier alpha value is -2.37. The van der Waals surface area contributed by atoms with Crippen LogP contribution in [-0.2, 0) is 10.3 Å². The Bertz CT molecular complexity index is 1040. The molecule has 0 bridgehead atoms.